The maximum Gasteiger partial charge on any atom is 0.231 e. The van der Waals surface area contributed by atoms with Crippen LogP contribution in [0.3, 0.4) is 0 Å². The van der Waals surface area contributed by atoms with Gasteiger partial charge < -0.3 is 14.2 Å². The van der Waals surface area contributed by atoms with Gasteiger partial charge in [-0.05, 0) is 18.2 Å². The lowest BCUT2D eigenvalue weighted by molar-refractivity contribution is 0.174. The van der Waals surface area contributed by atoms with Crippen LogP contribution in [0.1, 0.15) is 5.56 Å². The number of benzene rings is 2. The van der Waals surface area contributed by atoms with Crippen molar-refractivity contribution in [1.82, 2.24) is 0 Å². The fourth-order valence-electron chi connectivity index (χ4n) is 1.94. The van der Waals surface area contributed by atoms with Crippen LogP contribution in [-0.4, -0.2) is 20.1 Å². The Labute approximate surface area is 119 Å². The molecule has 1 heterocycles. The quantitative estimate of drug-likeness (QED) is 0.813. The van der Waals surface area contributed by atoms with Crippen molar-refractivity contribution >= 4 is 11.9 Å². The van der Waals surface area contributed by atoms with Gasteiger partial charge >= 0.3 is 0 Å². The smallest absolute Gasteiger partial charge is 0.231 e. The zero-order valence-corrected chi connectivity index (χ0v) is 11.1. The molecule has 4 nitrogen and oxygen atoms in total. The van der Waals surface area contributed by atoms with Gasteiger partial charge in [0.25, 0.3) is 0 Å². The van der Waals surface area contributed by atoms with Gasteiger partial charge in [-0.15, -0.1) is 0 Å². The predicted octanol–water partition coefficient (Wildman–Crippen LogP) is 3.45. The molecule has 0 saturated carbocycles. The van der Waals surface area contributed by atoms with E-state index in [4.69, 9.17) is 14.2 Å². The number of hydrogen-bond donors (Lipinski definition) is 0. The lowest BCUT2D eigenvalue weighted by atomic mass is 10.2. The summed E-state index contributed by atoms with van der Waals surface area (Å²) in [6, 6.07) is 6.55. The second-order valence-electron chi connectivity index (χ2n) is 4.30. The summed E-state index contributed by atoms with van der Waals surface area (Å²) in [6.07, 6.45) is 1.43. The predicted molar refractivity (Wildman–Crippen MR) is 72.7 cm³/mol. The summed E-state index contributed by atoms with van der Waals surface area (Å²) in [6.45, 7) is 0.145. The molecule has 1 aliphatic heterocycles. The molecular weight excluding hydrogens is 280 g/mol. The van der Waals surface area contributed by atoms with Crippen molar-refractivity contribution in [3.8, 4) is 17.2 Å². The van der Waals surface area contributed by atoms with Crippen LogP contribution >= 0.6 is 0 Å². The zero-order valence-electron chi connectivity index (χ0n) is 11.1. The molecule has 0 amide bonds. The topological polar surface area (TPSA) is 40.0 Å². The number of hydrogen-bond acceptors (Lipinski definition) is 4. The maximum atomic E-state index is 13.5. The molecule has 0 aromatic heterocycles. The van der Waals surface area contributed by atoms with Crippen LogP contribution in [0.25, 0.3) is 0 Å². The van der Waals surface area contributed by atoms with Crippen molar-refractivity contribution in [2.45, 2.75) is 0 Å². The largest absolute Gasteiger partial charge is 0.496 e. The lowest BCUT2D eigenvalue weighted by Gasteiger charge is -2.06. The number of fused-ring (bicyclic) bond motifs is 1. The zero-order chi connectivity index (χ0) is 14.8. The van der Waals surface area contributed by atoms with Crippen LogP contribution in [0.4, 0.5) is 14.5 Å². The molecule has 0 bridgehead atoms. The molecule has 0 aliphatic carbocycles. The van der Waals surface area contributed by atoms with E-state index in [0.29, 0.717) is 22.8 Å². The highest BCUT2D eigenvalue weighted by Crippen LogP contribution is 2.37. The first-order chi connectivity index (χ1) is 10.2. The third-order valence-corrected chi connectivity index (χ3v) is 2.98. The highest BCUT2D eigenvalue weighted by Gasteiger charge is 2.17. The van der Waals surface area contributed by atoms with E-state index in [0.717, 1.165) is 12.1 Å². The number of nitrogens with zero attached hydrogens (tertiary/aromatic N) is 1. The minimum atomic E-state index is -0.731. The molecule has 0 unspecified atom stereocenters. The molecule has 2 aromatic carbocycles. The minimum absolute atomic E-state index is 0.0381. The average Bonchev–Trinajstić information content (AvgIpc) is 2.92. The Kier molecular flexibility index (Phi) is 3.43. The van der Waals surface area contributed by atoms with Crippen LogP contribution in [-0.2, 0) is 0 Å². The second kappa shape index (κ2) is 5.40. The molecule has 0 atom stereocenters. The van der Waals surface area contributed by atoms with Crippen LogP contribution in [0.15, 0.2) is 35.3 Å². The first-order valence-electron chi connectivity index (χ1n) is 6.14. The van der Waals surface area contributed by atoms with E-state index in [1.165, 1.54) is 19.4 Å². The van der Waals surface area contributed by atoms with Crippen molar-refractivity contribution in [1.29, 1.82) is 0 Å². The molecule has 1 aliphatic rings. The summed E-state index contributed by atoms with van der Waals surface area (Å²) < 4.78 is 42.1. The Morgan fingerprint density at radius 2 is 1.90 bits per heavy atom. The number of ether oxygens (including phenoxy) is 3. The number of methoxy groups -OCH3 is 1. The summed E-state index contributed by atoms with van der Waals surface area (Å²) in [5.74, 6) is 0.289. The summed E-state index contributed by atoms with van der Waals surface area (Å²) in [4.78, 5) is 4.01. The fraction of sp³-hybridized carbons (Fsp3) is 0.133. The molecule has 3 rings (SSSR count). The van der Waals surface area contributed by atoms with E-state index in [-0.39, 0.29) is 12.5 Å². The van der Waals surface area contributed by atoms with Gasteiger partial charge in [-0.2, -0.15) is 0 Å². The normalized spacial score (nSPS) is 12.9. The molecule has 0 spiro atoms. The van der Waals surface area contributed by atoms with Gasteiger partial charge in [0.2, 0.25) is 6.79 Å². The van der Waals surface area contributed by atoms with Crippen molar-refractivity contribution in [3.05, 3.63) is 47.5 Å². The molecule has 21 heavy (non-hydrogen) atoms. The highest BCUT2D eigenvalue weighted by molar-refractivity contribution is 5.87. The first kappa shape index (κ1) is 13.4. The summed E-state index contributed by atoms with van der Waals surface area (Å²) in [7, 11) is 1.51. The molecule has 0 saturated heterocycles. The summed E-state index contributed by atoms with van der Waals surface area (Å²) in [5.41, 5.74) is 0.640. The maximum absolute atomic E-state index is 13.5. The van der Waals surface area contributed by atoms with E-state index in [1.54, 1.807) is 12.1 Å². The van der Waals surface area contributed by atoms with Crippen molar-refractivity contribution in [2.75, 3.05) is 13.9 Å². The molecule has 0 radical (unpaired) electrons. The standard InChI is InChI=1S/C15H11F2NO3/c1-19-13-6-15-14(20-8-21-15)4-9(13)7-18-12-3-2-10(16)5-11(12)17/h2-7H,8H2,1H3. The number of aliphatic imine (C=N–C) groups is 1. The average molecular weight is 291 g/mol. The number of rotatable bonds is 3. The fourth-order valence-corrected chi connectivity index (χ4v) is 1.94. The molecule has 108 valence electrons. The highest BCUT2D eigenvalue weighted by atomic mass is 19.1. The molecular formula is C15H11F2NO3. The lowest BCUT2D eigenvalue weighted by Crippen LogP contribution is -1.92. The van der Waals surface area contributed by atoms with Gasteiger partial charge in [-0.3, -0.25) is 4.99 Å². The third kappa shape index (κ3) is 2.65. The first-order valence-corrected chi connectivity index (χ1v) is 6.14. The van der Waals surface area contributed by atoms with Gasteiger partial charge in [0, 0.05) is 23.9 Å². The minimum Gasteiger partial charge on any atom is -0.496 e. The van der Waals surface area contributed by atoms with E-state index in [1.807, 2.05) is 0 Å². The van der Waals surface area contributed by atoms with E-state index in [9.17, 15) is 8.78 Å². The van der Waals surface area contributed by atoms with Crippen molar-refractivity contribution in [3.63, 3.8) is 0 Å². The summed E-state index contributed by atoms with van der Waals surface area (Å²) >= 11 is 0. The van der Waals surface area contributed by atoms with Crippen LogP contribution in [0.5, 0.6) is 17.2 Å². The van der Waals surface area contributed by atoms with Crippen molar-refractivity contribution < 1.29 is 23.0 Å². The van der Waals surface area contributed by atoms with Crippen molar-refractivity contribution in [2.24, 2.45) is 4.99 Å². The van der Waals surface area contributed by atoms with E-state index in [2.05, 4.69) is 4.99 Å². The Balaban J connectivity index is 1.95. The van der Waals surface area contributed by atoms with E-state index < -0.39 is 11.6 Å². The van der Waals surface area contributed by atoms with Crippen LogP contribution in [0, 0.1) is 11.6 Å². The molecule has 0 N–H and O–H groups in total. The SMILES string of the molecule is COc1cc2c(cc1C=Nc1ccc(F)cc1F)OCO2. The molecule has 0 fully saturated rings. The third-order valence-electron chi connectivity index (χ3n) is 2.98. The second-order valence-corrected chi connectivity index (χ2v) is 4.30. The summed E-state index contributed by atoms with van der Waals surface area (Å²) in [5, 5.41) is 0. The van der Waals surface area contributed by atoms with Crippen LogP contribution in [0.2, 0.25) is 0 Å². The van der Waals surface area contributed by atoms with Gasteiger partial charge in [-0.1, -0.05) is 0 Å². The van der Waals surface area contributed by atoms with Gasteiger partial charge in [-0.25, -0.2) is 8.78 Å². The number of halogens is 2. The Hall–Kier alpha value is -2.63. The monoisotopic (exact) mass is 291 g/mol. The Morgan fingerprint density at radius 3 is 2.62 bits per heavy atom. The van der Waals surface area contributed by atoms with E-state index >= 15 is 0 Å². The molecule has 2 aromatic rings. The Bertz CT molecular complexity index is 716. The Morgan fingerprint density at radius 1 is 1.14 bits per heavy atom. The van der Waals surface area contributed by atoms with Gasteiger partial charge in [0.1, 0.15) is 11.6 Å². The molecule has 6 heteroatoms. The van der Waals surface area contributed by atoms with Crippen LogP contribution < -0.4 is 14.2 Å². The van der Waals surface area contributed by atoms with Gasteiger partial charge in [0.15, 0.2) is 17.3 Å². The van der Waals surface area contributed by atoms with Gasteiger partial charge in [0.05, 0.1) is 12.8 Å².